The lowest BCUT2D eigenvalue weighted by Gasteiger charge is -2.34. The molecule has 4 rings (SSSR count). The van der Waals surface area contributed by atoms with Gasteiger partial charge in [-0.1, -0.05) is 30.9 Å². The van der Waals surface area contributed by atoms with E-state index in [0.717, 1.165) is 49.4 Å². The van der Waals surface area contributed by atoms with Crippen LogP contribution < -0.4 is 4.90 Å². The van der Waals surface area contributed by atoms with Gasteiger partial charge in [-0.05, 0) is 31.4 Å². The Morgan fingerprint density at radius 2 is 2.07 bits per heavy atom. The lowest BCUT2D eigenvalue weighted by atomic mass is 9.94. The summed E-state index contributed by atoms with van der Waals surface area (Å²) in [5.74, 6) is 1.02. The molecule has 0 saturated carbocycles. The van der Waals surface area contributed by atoms with E-state index in [2.05, 4.69) is 26.7 Å². The minimum absolute atomic E-state index is 0.0185. The lowest BCUT2D eigenvalue weighted by molar-refractivity contribution is -0.137. The summed E-state index contributed by atoms with van der Waals surface area (Å²) in [4.78, 5) is 20.0. The van der Waals surface area contributed by atoms with Crippen molar-refractivity contribution >= 4 is 23.6 Å². The first-order valence-corrected chi connectivity index (χ1v) is 10.1. The highest BCUT2D eigenvalue weighted by Gasteiger charge is 2.34. The van der Waals surface area contributed by atoms with Gasteiger partial charge in [-0.3, -0.25) is 4.79 Å². The second-order valence-corrected chi connectivity index (χ2v) is 7.37. The summed E-state index contributed by atoms with van der Waals surface area (Å²) in [6.45, 7) is 7.72. The molecule has 2 aromatic heterocycles. The molecular weight excluding hydrogens is 364 g/mol. The van der Waals surface area contributed by atoms with Crippen LogP contribution in [-0.2, 0) is 4.79 Å². The van der Waals surface area contributed by atoms with Crippen LogP contribution in [0.15, 0.2) is 66.1 Å². The number of aromatic nitrogens is 3. The molecule has 150 valence electrons. The van der Waals surface area contributed by atoms with Gasteiger partial charge in [-0.2, -0.15) is 10.2 Å². The minimum atomic E-state index is -0.0759. The van der Waals surface area contributed by atoms with Gasteiger partial charge in [0, 0.05) is 43.9 Å². The average Bonchev–Trinajstić information content (AvgIpc) is 3.42. The molecule has 0 spiro atoms. The quantitative estimate of drug-likeness (QED) is 0.735. The van der Waals surface area contributed by atoms with Crippen molar-refractivity contribution < 1.29 is 4.79 Å². The number of fused-ring (bicyclic) bond motifs is 1. The number of carbonyl (C=O) groups is 1. The molecule has 0 aliphatic carbocycles. The topological polar surface area (TPSA) is 66.1 Å². The van der Waals surface area contributed by atoms with Crippen molar-refractivity contribution in [1.29, 1.82) is 0 Å². The van der Waals surface area contributed by atoms with Crippen molar-refractivity contribution in [2.75, 3.05) is 18.0 Å². The first kappa shape index (κ1) is 19.1. The van der Waals surface area contributed by atoms with E-state index in [0.29, 0.717) is 0 Å². The highest BCUT2D eigenvalue weighted by atomic mass is 16.2. The molecule has 0 bridgehead atoms. The van der Waals surface area contributed by atoms with Gasteiger partial charge in [-0.15, -0.1) is 0 Å². The largest absolute Gasteiger partial charge is 0.356 e. The fourth-order valence-electron chi connectivity index (χ4n) is 3.86. The molecule has 0 N–H and O–H groups in total. The van der Waals surface area contributed by atoms with Gasteiger partial charge in [0.2, 0.25) is 5.91 Å². The first-order chi connectivity index (χ1) is 14.2. The maximum Gasteiger partial charge on any atom is 0.246 e. The number of hydrogen-bond donors (Lipinski definition) is 0. The zero-order chi connectivity index (χ0) is 20.2. The second-order valence-electron chi connectivity index (χ2n) is 7.37. The number of nitrogens with zero attached hydrogens (tertiary/aromatic N) is 6. The maximum atomic E-state index is 13.1. The molecule has 0 aromatic carbocycles. The molecule has 2 aromatic rings. The monoisotopic (exact) mass is 390 g/mol. The van der Waals surface area contributed by atoms with Crippen molar-refractivity contribution in [2.24, 2.45) is 11.0 Å². The molecule has 1 fully saturated rings. The summed E-state index contributed by atoms with van der Waals surface area (Å²) in [6, 6.07) is 3.79. The summed E-state index contributed by atoms with van der Waals surface area (Å²) in [5.41, 5.74) is 1.74. The number of hydrazone groups is 1. The van der Waals surface area contributed by atoms with Crippen molar-refractivity contribution in [3.63, 3.8) is 0 Å². The van der Waals surface area contributed by atoms with Crippen LogP contribution in [0.5, 0.6) is 0 Å². The number of carbonyl (C=O) groups excluding carboxylic acids is 1. The first-order valence-electron chi connectivity index (χ1n) is 10.1. The molecular formula is C22H26N6O. The normalized spacial score (nSPS) is 20.5. The Hall–Kier alpha value is -3.22. The van der Waals surface area contributed by atoms with Gasteiger partial charge in [0.1, 0.15) is 5.82 Å². The van der Waals surface area contributed by atoms with Gasteiger partial charge in [0.05, 0.1) is 12.2 Å². The van der Waals surface area contributed by atoms with Gasteiger partial charge in [0.25, 0.3) is 0 Å². The second kappa shape index (κ2) is 8.43. The van der Waals surface area contributed by atoms with E-state index in [1.165, 1.54) is 0 Å². The molecule has 1 saturated heterocycles. The number of piperidine rings is 1. The smallest absolute Gasteiger partial charge is 0.246 e. The molecule has 0 radical (unpaired) electrons. The van der Waals surface area contributed by atoms with Crippen molar-refractivity contribution in [3.8, 4) is 0 Å². The Morgan fingerprint density at radius 3 is 2.86 bits per heavy atom. The zero-order valence-corrected chi connectivity index (χ0v) is 16.7. The number of rotatable bonds is 5. The molecule has 2 aliphatic heterocycles. The Balaban J connectivity index is 1.38. The van der Waals surface area contributed by atoms with Crippen LogP contribution >= 0.6 is 0 Å². The van der Waals surface area contributed by atoms with E-state index < -0.39 is 0 Å². The standard InChI is InChI=1S/C22H26N6O/c1-3-4-5-6-17(2)19-7-12-24-28(19)22(29)18-9-14-26(15-10-18)20-11-16-27-21(25-20)8-13-23-27/h3-6,8,11-13,16,18-19H,2,7,9-10,14-15H2,1H3/b4-3-,6-5-/t19-/m0/s1. The van der Waals surface area contributed by atoms with E-state index in [9.17, 15) is 4.79 Å². The number of anilines is 1. The summed E-state index contributed by atoms with van der Waals surface area (Å²) in [7, 11) is 0. The number of allylic oxidation sites excluding steroid dienone is 3. The maximum absolute atomic E-state index is 13.1. The molecule has 7 heteroatoms. The third-order valence-electron chi connectivity index (χ3n) is 5.51. The van der Waals surface area contributed by atoms with E-state index in [1.807, 2.05) is 55.8 Å². The van der Waals surface area contributed by atoms with Gasteiger partial charge in [-0.25, -0.2) is 14.5 Å². The predicted molar refractivity (Wildman–Crippen MR) is 115 cm³/mol. The van der Waals surface area contributed by atoms with Gasteiger partial charge < -0.3 is 4.90 Å². The molecule has 4 heterocycles. The Bertz CT molecular complexity index is 980. The molecule has 2 aliphatic rings. The van der Waals surface area contributed by atoms with Crippen LogP contribution in [0, 0.1) is 5.92 Å². The van der Waals surface area contributed by atoms with E-state index >= 15 is 0 Å². The van der Waals surface area contributed by atoms with Crippen LogP contribution in [-0.4, -0.2) is 50.9 Å². The Morgan fingerprint density at radius 1 is 1.24 bits per heavy atom. The van der Waals surface area contributed by atoms with Crippen LogP contribution in [0.4, 0.5) is 5.82 Å². The molecule has 0 unspecified atom stereocenters. The summed E-state index contributed by atoms with van der Waals surface area (Å²) in [5, 5.41) is 10.2. The number of amides is 1. The third-order valence-corrected chi connectivity index (χ3v) is 5.51. The zero-order valence-electron chi connectivity index (χ0n) is 16.7. The molecule has 1 amide bonds. The summed E-state index contributed by atoms with van der Waals surface area (Å²) >= 11 is 0. The van der Waals surface area contributed by atoms with Crippen molar-refractivity contribution in [3.05, 3.63) is 61.0 Å². The lowest BCUT2D eigenvalue weighted by Crippen LogP contribution is -2.43. The Labute approximate surface area is 170 Å². The third kappa shape index (κ3) is 3.99. The summed E-state index contributed by atoms with van der Waals surface area (Å²) in [6.07, 6.45) is 15.6. The van der Waals surface area contributed by atoms with E-state index in [1.54, 1.807) is 15.7 Å². The molecule has 29 heavy (non-hydrogen) atoms. The average molecular weight is 390 g/mol. The number of hydrogen-bond acceptors (Lipinski definition) is 5. The van der Waals surface area contributed by atoms with Crippen LogP contribution in [0.3, 0.4) is 0 Å². The van der Waals surface area contributed by atoms with Crippen LogP contribution in [0.1, 0.15) is 26.2 Å². The molecule has 1 atom stereocenters. The highest BCUT2D eigenvalue weighted by Crippen LogP contribution is 2.27. The highest BCUT2D eigenvalue weighted by molar-refractivity contribution is 5.82. The van der Waals surface area contributed by atoms with Crippen LogP contribution in [0.2, 0.25) is 0 Å². The van der Waals surface area contributed by atoms with E-state index in [4.69, 9.17) is 0 Å². The fourth-order valence-corrected chi connectivity index (χ4v) is 3.86. The fraction of sp³-hybridized carbons (Fsp3) is 0.364. The minimum Gasteiger partial charge on any atom is -0.356 e. The summed E-state index contributed by atoms with van der Waals surface area (Å²) < 4.78 is 1.75. The van der Waals surface area contributed by atoms with Crippen molar-refractivity contribution in [1.82, 2.24) is 19.6 Å². The van der Waals surface area contributed by atoms with Gasteiger partial charge >= 0.3 is 0 Å². The van der Waals surface area contributed by atoms with Gasteiger partial charge in [0.15, 0.2) is 5.65 Å². The SMILES string of the molecule is C=C(/C=C\C=C/C)[C@@H]1CC=NN1C(=O)C1CCN(c2ccn3nccc3n2)CC1. The van der Waals surface area contributed by atoms with E-state index in [-0.39, 0.29) is 17.9 Å². The van der Waals surface area contributed by atoms with Crippen LogP contribution in [0.25, 0.3) is 5.65 Å². The van der Waals surface area contributed by atoms with Crippen molar-refractivity contribution in [2.45, 2.75) is 32.2 Å². The Kier molecular flexibility index (Phi) is 5.55. The predicted octanol–water partition coefficient (Wildman–Crippen LogP) is 3.22. The molecule has 7 nitrogen and oxygen atoms in total.